The van der Waals surface area contributed by atoms with E-state index in [2.05, 4.69) is 32.6 Å². The summed E-state index contributed by atoms with van der Waals surface area (Å²) in [5.41, 5.74) is 0.860. The number of amides is 1. The van der Waals surface area contributed by atoms with Crippen molar-refractivity contribution in [2.45, 2.75) is 0 Å². The summed E-state index contributed by atoms with van der Waals surface area (Å²) in [7, 11) is 1.30. The van der Waals surface area contributed by atoms with Gasteiger partial charge in [-0.05, 0) is 52.2 Å². The molecule has 1 aromatic carbocycles. The number of rotatable bonds is 3. The minimum absolute atomic E-state index is 0.327. The summed E-state index contributed by atoms with van der Waals surface area (Å²) in [6, 6.07) is 6.67. The quantitative estimate of drug-likeness (QED) is 0.601. The third-order valence-corrected chi connectivity index (χ3v) is 4.93. The fourth-order valence-corrected chi connectivity index (χ4v) is 2.77. The van der Waals surface area contributed by atoms with Crippen molar-refractivity contribution in [2.75, 3.05) is 12.4 Å². The lowest BCUT2D eigenvalue weighted by molar-refractivity contribution is 0.0607. The average molecular weight is 422 g/mol. The first-order chi connectivity index (χ1) is 9.52. The number of thiophene rings is 1. The number of esters is 1. The second-order valence-electron chi connectivity index (χ2n) is 3.74. The van der Waals surface area contributed by atoms with Crippen molar-refractivity contribution in [3.05, 3.63) is 48.7 Å². The van der Waals surface area contributed by atoms with E-state index < -0.39 is 5.97 Å². The van der Waals surface area contributed by atoms with Crippen molar-refractivity contribution in [2.24, 2.45) is 0 Å². The first-order valence-electron chi connectivity index (χ1n) is 5.45. The van der Waals surface area contributed by atoms with Crippen LogP contribution in [0.25, 0.3) is 0 Å². The number of hydrogen-bond donors (Lipinski definition) is 1. The van der Waals surface area contributed by atoms with Gasteiger partial charge in [-0.1, -0.05) is 11.6 Å². The minimum Gasteiger partial charge on any atom is -0.465 e. The summed E-state index contributed by atoms with van der Waals surface area (Å²) in [6.45, 7) is 0. The van der Waals surface area contributed by atoms with Crippen LogP contribution in [0.5, 0.6) is 0 Å². The molecule has 0 aliphatic carbocycles. The van der Waals surface area contributed by atoms with Crippen LogP contribution in [0.2, 0.25) is 5.02 Å². The standard InChI is InChI=1S/C13H9ClINO3S/c1-19-13(18)11-10(4-5-20-11)16-12(17)7-2-3-9(15)8(14)6-7/h2-6H,1H3,(H,16,17). The Hall–Kier alpha value is -1.12. The maximum absolute atomic E-state index is 12.1. The molecule has 0 unspecified atom stereocenters. The second kappa shape index (κ2) is 6.55. The molecule has 0 saturated heterocycles. The minimum atomic E-state index is -0.476. The van der Waals surface area contributed by atoms with Crippen LogP contribution in [-0.4, -0.2) is 19.0 Å². The van der Waals surface area contributed by atoms with Crippen molar-refractivity contribution < 1.29 is 14.3 Å². The molecule has 0 spiro atoms. The lowest BCUT2D eigenvalue weighted by Gasteiger charge is -2.06. The van der Waals surface area contributed by atoms with Gasteiger partial charge in [0.15, 0.2) is 0 Å². The van der Waals surface area contributed by atoms with E-state index in [1.54, 1.807) is 29.6 Å². The van der Waals surface area contributed by atoms with Gasteiger partial charge < -0.3 is 10.1 Å². The fraction of sp³-hybridized carbons (Fsp3) is 0.0769. The lowest BCUT2D eigenvalue weighted by Crippen LogP contribution is -2.14. The van der Waals surface area contributed by atoms with E-state index >= 15 is 0 Å². The molecule has 1 amide bonds. The highest BCUT2D eigenvalue weighted by molar-refractivity contribution is 14.1. The van der Waals surface area contributed by atoms with E-state index in [0.717, 1.165) is 3.57 Å². The molecular formula is C13H9ClINO3S. The molecule has 2 rings (SSSR count). The van der Waals surface area contributed by atoms with Crippen LogP contribution < -0.4 is 5.32 Å². The van der Waals surface area contributed by atoms with E-state index in [0.29, 0.717) is 21.2 Å². The number of carbonyl (C=O) groups excluding carboxylic acids is 2. The van der Waals surface area contributed by atoms with Crippen LogP contribution in [0.15, 0.2) is 29.6 Å². The first-order valence-corrected chi connectivity index (χ1v) is 7.78. The van der Waals surface area contributed by atoms with Crippen molar-refractivity contribution in [1.29, 1.82) is 0 Å². The molecule has 1 aromatic heterocycles. The van der Waals surface area contributed by atoms with Gasteiger partial charge in [-0.2, -0.15) is 0 Å². The summed E-state index contributed by atoms with van der Waals surface area (Å²) in [5.74, 6) is -0.803. The van der Waals surface area contributed by atoms with Crippen molar-refractivity contribution in [3.8, 4) is 0 Å². The Bertz CT molecular complexity index is 671. The Morgan fingerprint density at radius 3 is 2.75 bits per heavy atom. The number of nitrogens with one attached hydrogen (secondary N) is 1. The first kappa shape index (κ1) is 15.3. The van der Waals surface area contributed by atoms with E-state index in [4.69, 9.17) is 11.6 Å². The summed E-state index contributed by atoms with van der Waals surface area (Å²) in [6.07, 6.45) is 0. The SMILES string of the molecule is COC(=O)c1sccc1NC(=O)c1ccc(I)c(Cl)c1. The maximum Gasteiger partial charge on any atom is 0.350 e. The summed E-state index contributed by atoms with van der Waals surface area (Å²) < 4.78 is 5.52. The van der Waals surface area contributed by atoms with Crippen molar-refractivity contribution in [1.82, 2.24) is 0 Å². The molecule has 0 fully saturated rings. The van der Waals surface area contributed by atoms with Gasteiger partial charge in [0, 0.05) is 9.13 Å². The third-order valence-electron chi connectivity index (χ3n) is 2.47. The Labute approximate surface area is 138 Å². The summed E-state index contributed by atoms with van der Waals surface area (Å²) in [5, 5.41) is 4.90. The van der Waals surface area contributed by atoms with Crippen LogP contribution in [0.1, 0.15) is 20.0 Å². The van der Waals surface area contributed by atoms with Gasteiger partial charge in [0.05, 0.1) is 17.8 Å². The zero-order valence-electron chi connectivity index (χ0n) is 10.3. The molecule has 1 N–H and O–H groups in total. The highest BCUT2D eigenvalue weighted by atomic mass is 127. The summed E-state index contributed by atoms with van der Waals surface area (Å²) >= 11 is 9.28. The van der Waals surface area contributed by atoms with E-state index in [-0.39, 0.29) is 5.91 Å². The molecule has 0 radical (unpaired) electrons. The van der Waals surface area contributed by atoms with E-state index in [1.807, 2.05) is 0 Å². The average Bonchev–Trinajstić information content (AvgIpc) is 2.89. The number of methoxy groups -OCH3 is 1. The molecule has 4 nitrogen and oxygen atoms in total. The lowest BCUT2D eigenvalue weighted by atomic mass is 10.2. The molecule has 0 aliphatic rings. The molecule has 2 aromatic rings. The number of anilines is 1. The van der Waals surface area contributed by atoms with Gasteiger partial charge in [0.2, 0.25) is 0 Å². The van der Waals surface area contributed by atoms with E-state index in [9.17, 15) is 9.59 Å². The normalized spacial score (nSPS) is 10.2. The molecule has 0 bridgehead atoms. The third kappa shape index (κ3) is 3.31. The van der Waals surface area contributed by atoms with Gasteiger partial charge in [0.25, 0.3) is 5.91 Å². The monoisotopic (exact) mass is 421 g/mol. The predicted molar refractivity (Wildman–Crippen MR) is 87.8 cm³/mol. The number of halogens is 2. The van der Waals surface area contributed by atoms with Crippen molar-refractivity contribution >= 4 is 63.1 Å². The molecule has 7 heteroatoms. The number of ether oxygens (including phenoxy) is 1. The smallest absolute Gasteiger partial charge is 0.350 e. The number of benzene rings is 1. The van der Waals surface area contributed by atoms with Gasteiger partial charge in [-0.15, -0.1) is 11.3 Å². The zero-order valence-corrected chi connectivity index (χ0v) is 14.0. The van der Waals surface area contributed by atoms with Crippen LogP contribution in [-0.2, 0) is 4.74 Å². The number of carbonyl (C=O) groups is 2. The van der Waals surface area contributed by atoms with Gasteiger partial charge in [0.1, 0.15) is 4.88 Å². The van der Waals surface area contributed by atoms with Gasteiger partial charge in [-0.25, -0.2) is 4.79 Å². The van der Waals surface area contributed by atoms with Gasteiger partial charge in [-0.3, -0.25) is 4.79 Å². The van der Waals surface area contributed by atoms with Crippen LogP contribution in [0.3, 0.4) is 0 Å². The largest absolute Gasteiger partial charge is 0.465 e. The van der Waals surface area contributed by atoms with Crippen LogP contribution >= 0.6 is 45.5 Å². The van der Waals surface area contributed by atoms with Crippen LogP contribution in [0, 0.1) is 3.57 Å². The Balaban J connectivity index is 2.22. The Kier molecular flexibility index (Phi) is 5.00. The molecule has 20 heavy (non-hydrogen) atoms. The Morgan fingerprint density at radius 2 is 2.10 bits per heavy atom. The van der Waals surface area contributed by atoms with E-state index in [1.165, 1.54) is 18.4 Å². The summed E-state index contributed by atoms with van der Waals surface area (Å²) in [4.78, 5) is 24.0. The second-order valence-corrected chi connectivity index (χ2v) is 6.22. The zero-order chi connectivity index (χ0) is 14.7. The Morgan fingerprint density at radius 1 is 1.35 bits per heavy atom. The van der Waals surface area contributed by atoms with Gasteiger partial charge >= 0.3 is 5.97 Å². The molecule has 1 heterocycles. The molecule has 0 saturated carbocycles. The maximum atomic E-state index is 12.1. The number of hydrogen-bond acceptors (Lipinski definition) is 4. The van der Waals surface area contributed by atoms with Crippen molar-refractivity contribution in [3.63, 3.8) is 0 Å². The molecule has 104 valence electrons. The molecule has 0 aliphatic heterocycles. The molecule has 0 atom stereocenters. The topological polar surface area (TPSA) is 55.4 Å². The fourth-order valence-electron chi connectivity index (χ4n) is 1.49. The molecular weight excluding hydrogens is 413 g/mol. The highest BCUT2D eigenvalue weighted by Gasteiger charge is 2.16. The predicted octanol–water partition coefficient (Wildman–Crippen LogP) is 4.05. The highest BCUT2D eigenvalue weighted by Crippen LogP contribution is 2.25. The van der Waals surface area contributed by atoms with Crippen LogP contribution in [0.4, 0.5) is 5.69 Å².